The first-order chi connectivity index (χ1) is 11.6. The Morgan fingerprint density at radius 3 is 2.83 bits per heavy atom. The molecule has 1 aliphatic rings. The summed E-state index contributed by atoms with van der Waals surface area (Å²) in [5, 5.41) is 4.44. The quantitative estimate of drug-likeness (QED) is 0.664. The second-order valence-electron chi connectivity index (χ2n) is 5.84. The van der Waals surface area contributed by atoms with Crippen molar-refractivity contribution in [3.63, 3.8) is 0 Å². The fourth-order valence-electron chi connectivity index (χ4n) is 2.98. The summed E-state index contributed by atoms with van der Waals surface area (Å²) in [7, 11) is 1.89. The number of anilines is 1. The third kappa shape index (κ3) is 2.59. The standard InChI is InChI=1S/C16H17ClN6O/c1-10-9-24-8-7-23(10)15-14-12(20-16(17)21-15)4-3-11(19-14)13-5-6-18-22(13)2/h3-6,10H,7-9H2,1-2H3/t10-/m1/s1. The van der Waals surface area contributed by atoms with Gasteiger partial charge in [0.05, 0.1) is 36.2 Å². The number of hydrogen-bond donors (Lipinski definition) is 0. The number of aryl methyl sites for hydroxylation is 1. The lowest BCUT2D eigenvalue weighted by molar-refractivity contribution is 0.0986. The molecule has 124 valence electrons. The van der Waals surface area contributed by atoms with Crippen LogP contribution in [0.1, 0.15) is 6.92 Å². The zero-order chi connectivity index (χ0) is 16.7. The van der Waals surface area contributed by atoms with Crippen LogP contribution >= 0.6 is 11.6 Å². The first-order valence-electron chi connectivity index (χ1n) is 7.80. The lowest BCUT2D eigenvalue weighted by Gasteiger charge is -2.34. The molecule has 1 aliphatic heterocycles. The maximum atomic E-state index is 6.13. The van der Waals surface area contributed by atoms with Gasteiger partial charge in [-0.15, -0.1) is 0 Å². The van der Waals surface area contributed by atoms with Crippen LogP contribution in [0.15, 0.2) is 24.4 Å². The summed E-state index contributed by atoms with van der Waals surface area (Å²) in [6, 6.07) is 5.99. The molecule has 0 aliphatic carbocycles. The van der Waals surface area contributed by atoms with E-state index in [9.17, 15) is 0 Å². The number of hydrogen-bond acceptors (Lipinski definition) is 6. The van der Waals surface area contributed by atoms with E-state index in [1.54, 1.807) is 10.9 Å². The van der Waals surface area contributed by atoms with Crippen molar-refractivity contribution in [2.75, 3.05) is 24.7 Å². The predicted molar refractivity (Wildman–Crippen MR) is 92.2 cm³/mol. The van der Waals surface area contributed by atoms with Crippen molar-refractivity contribution in [3.8, 4) is 11.4 Å². The second kappa shape index (κ2) is 5.99. The molecule has 4 heterocycles. The highest BCUT2D eigenvalue weighted by molar-refractivity contribution is 6.28. The highest BCUT2D eigenvalue weighted by Crippen LogP contribution is 2.29. The minimum atomic E-state index is 0.204. The topological polar surface area (TPSA) is 69.0 Å². The van der Waals surface area contributed by atoms with Crippen LogP contribution < -0.4 is 4.90 Å². The highest BCUT2D eigenvalue weighted by atomic mass is 35.5. The fraction of sp³-hybridized carbons (Fsp3) is 0.375. The molecule has 1 fully saturated rings. The third-order valence-corrected chi connectivity index (χ3v) is 4.39. The number of morpholine rings is 1. The molecule has 4 rings (SSSR count). The van der Waals surface area contributed by atoms with E-state index in [0.29, 0.717) is 13.2 Å². The van der Waals surface area contributed by atoms with Crippen LogP contribution in [-0.2, 0) is 11.8 Å². The molecule has 0 unspecified atom stereocenters. The van der Waals surface area contributed by atoms with Crippen LogP contribution in [0.4, 0.5) is 5.82 Å². The largest absolute Gasteiger partial charge is 0.377 e. The Morgan fingerprint density at radius 2 is 2.08 bits per heavy atom. The monoisotopic (exact) mass is 344 g/mol. The third-order valence-electron chi connectivity index (χ3n) is 4.22. The van der Waals surface area contributed by atoms with Gasteiger partial charge in [0.2, 0.25) is 5.28 Å². The maximum absolute atomic E-state index is 6.13. The average Bonchev–Trinajstić information content (AvgIpc) is 3.00. The van der Waals surface area contributed by atoms with Gasteiger partial charge < -0.3 is 9.64 Å². The molecule has 8 heteroatoms. The molecule has 3 aromatic heterocycles. The Morgan fingerprint density at radius 1 is 1.21 bits per heavy atom. The lowest BCUT2D eigenvalue weighted by Crippen LogP contribution is -2.44. The molecule has 0 aromatic carbocycles. The van der Waals surface area contributed by atoms with Crippen molar-refractivity contribution in [3.05, 3.63) is 29.7 Å². The van der Waals surface area contributed by atoms with Crippen molar-refractivity contribution in [1.82, 2.24) is 24.7 Å². The summed E-state index contributed by atoms with van der Waals surface area (Å²) in [5.41, 5.74) is 3.24. The van der Waals surface area contributed by atoms with Crippen LogP contribution in [0.5, 0.6) is 0 Å². The van der Waals surface area contributed by atoms with E-state index < -0.39 is 0 Å². The smallest absolute Gasteiger partial charge is 0.225 e. The molecular formula is C16H17ClN6O. The molecule has 1 atom stereocenters. The van der Waals surface area contributed by atoms with E-state index in [1.165, 1.54) is 0 Å². The number of ether oxygens (including phenoxy) is 1. The molecule has 3 aromatic rings. The Labute approximate surface area is 144 Å². The maximum Gasteiger partial charge on any atom is 0.225 e. The number of pyridine rings is 1. The van der Waals surface area contributed by atoms with Gasteiger partial charge in [-0.3, -0.25) is 4.68 Å². The number of nitrogens with zero attached hydrogens (tertiary/aromatic N) is 6. The Kier molecular flexibility index (Phi) is 3.82. The van der Waals surface area contributed by atoms with Gasteiger partial charge >= 0.3 is 0 Å². The molecule has 1 saturated heterocycles. The lowest BCUT2D eigenvalue weighted by atomic mass is 10.2. The van der Waals surface area contributed by atoms with Crippen LogP contribution in [0, 0.1) is 0 Å². The summed E-state index contributed by atoms with van der Waals surface area (Å²) in [6.07, 6.45) is 1.75. The summed E-state index contributed by atoms with van der Waals surface area (Å²) in [4.78, 5) is 15.8. The Hall–Kier alpha value is -2.25. The molecule has 0 N–H and O–H groups in total. The summed E-state index contributed by atoms with van der Waals surface area (Å²) in [5.74, 6) is 0.754. The van der Waals surface area contributed by atoms with Crippen molar-refractivity contribution >= 4 is 28.5 Å². The number of fused-ring (bicyclic) bond motifs is 1. The fourth-order valence-corrected chi connectivity index (χ4v) is 3.15. The Balaban J connectivity index is 1.90. The van der Waals surface area contributed by atoms with Gasteiger partial charge in [-0.25, -0.2) is 9.97 Å². The summed E-state index contributed by atoms with van der Waals surface area (Å²) < 4.78 is 7.32. The van der Waals surface area contributed by atoms with E-state index in [-0.39, 0.29) is 11.3 Å². The van der Waals surface area contributed by atoms with Gasteiger partial charge in [0, 0.05) is 19.8 Å². The van der Waals surface area contributed by atoms with E-state index >= 15 is 0 Å². The van der Waals surface area contributed by atoms with Crippen molar-refractivity contribution < 1.29 is 4.74 Å². The first-order valence-corrected chi connectivity index (χ1v) is 8.18. The highest BCUT2D eigenvalue weighted by Gasteiger charge is 2.24. The number of aromatic nitrogens is 5. The predicted octanol–water partition coefficient (Wildman–Crippen LogP) is 2.30. The molecule has 0 spiro atoms. The summed E-state index contributed by atoms with van der Waals surface area (Å²) in [6.45, 7) is 4.17. The van der Waals surface area contributed by atoms with Crippen LogP contribution in [0.25, 0.3) is 22.4 Å². The number of rotatable bonds is 2. The van der Waals surface area contributed by atoms with Gasteiger partial charge in [0.1, 0.15) is 5.52 Å². The van der Waals surface area contributed by atoms with Gasteiger partial charge in [0.25, 0.3) is 0 Å². The van der Waals surface area contributed by atoms with E-state index in [1.807, 2.05) is 25.2 Å². The molecule has 7 nitrogen and oxygen atoms in total. The minimum Gasteiger partial charge on any atom is -0.377 e. The van der Waals surface area contributed by atoms with E-state index in [2.05, 4.69) is 26.9 Å². The molecule has 0 radical (unpaired) electrons. The molecular weight excluding hydrogens is 328 g/mol. The second-order valence-corrected chi connectivity index (χ2v) is 6.18. The van der Waals surface area contributed by atoms with Crippen molar-refractivity contribution in [1.29, 1.82) is 0 Å². The van der Waals surface area contributed by atoms with Crippen molar-refractivity contribution in [2.24, 2.45) is 7.05 Å². The zero-order valence-corrected chi connectivity index (χ0v) is 14.2. The van der Waals surface area contributed by atoms with Crippen LogP contribution in [-0.4, -0.2) is 50.5 Å². The van der Waals surface area contributed by atoms with Gasteiger partial charge in [-0.05, 0) is 36.7 Å². The van der Waals surface area contributed by atoms with E-state index in [0.717, 1.165) is 34.8 Å². The van der Waals surface area contributed by atoms with Crippen molar-refractivity contribution in [2.45, 2.75) is 13.0 Å². The normalized spacial score (nSPS) is 18.3. The van der Waals surface area contributed by atoms with Gasteiger partial charge in [0.15, 0.2) is 5.82 Å². The first kappa shape index (κ1) is 15.3. The van der Waals surface area contributed by atoms with E-state index in [4.69, 9.17) is 21.3 Å². The SMILES string of the molecule is C[C@@H]1COCCN1c1nc(Cl)nc2ccc(-c3ccnn3C)nc12. The molecule has 0 saturated carbocycles. The van der Waals surface area contributed by atoms with Crippen LogP contribution in [0.2, 0.25) is 5.28 Å². The average molecular weight is 345 g/mol. The van der Waals surface area contributed by atoms with Crippen LogP contribution in [0.3, 0.4) is 0 Å². The van der Waals surface area contributed by atoms with Gasteiger partial charge in [-0.2, -0.15) is 10.1 Å². The minimum absolute atomic E-state index is 0.204. The molecule has 0 bridgehead atoms. The molecule has 0 amide bonds. The molecule has 24 heavy (non-hydrogen) atoms. The Bertz CT molecular complexity index is 895. The summed E-state index contributed by atoms with van der Waals surface area (Å²) >= 11 is 6.13. The zero-order valence-electron chi connectivity index (χ0n) is 13.5. The number of halogens is 1. The van der Waals surface area contributed by atoms with Gasteiger partial charge in [-0.1, -0.05) is 0 Å².